The van der Waals surface area contributed by atoms with Gasteiger partial charge in [0.15, 0.2) is 0 Å². The van der Waals surface area contributed by atoms with Crippen LogP contribution in [-0.2, 0) is 0 Å². The van der Waals surface area contributed by atoms with Crippen molar-refractivity contribution in [2.24, 2.45) is 0 Å². The average molecular weight is 430 g/mol. The average Bonchev–Trinajstić information content (AvgIpc) is 2.85. The number of phenols is 1. The second-order valence-corrected chi connectivity index (χ2v) is 8.85. The third-order valence-electron chi connectivity index (χ3n) is 6.74. The molecule has 0 aromatic heterocycles. The number of rotatable bonds is 6. The largest absolute Gasteiger partial charge is 0.508 e. The van der Waals surface area contributed by atoms with Crippen molar-refractivity contribution >= 4 is 0 Å². The van der Waals surface area contributed by atoms with Gasteiger partial charge in [0.25, 0.3) is 0 Å². The fourth-order valence-corrected chi connectivity index (χ4v) is 5.05. The van der Waals surface area contributed by atoms with E-state index in [1.807, 2.05) is 18.2 Å². The van der Waals surface area contributed by atoms with Gasteiger partial charge in [0.2, 0.25) is 0 Å². The maximum absolute atomic E-state index is 10.2. The van der Waals surface area contributed by atoms with E-state index < -0.39 is 0 Å². The third kappa shape index (κ3) is 4.61. The van der Waals surface area contributed by atoms with Crippen LogP contribution in [0, 0.1) is 0 Å². The summed E-state index contributed by atoms with van der Waals surface area (Å²) in [4.78, 5) is 2.49. The standard InChI is InChI=1S/C28H31NO3/c30-23-11-14-27-25(19-23)28(26(20-32-27)21-7-3-1-4-8-21)22-9-12-24(13-10-22)31-18-17-29-15-5-2-6-16-29/h1,3-4,7-14,19,26,28,30H,2,5-6,15-18,20H2. The van der Waals surface area contributed by atoms with Gasteiger partial charge in [-0.2, -0.15) is 0 Å². The molecule has 3 aromatic carbocycles. The van der Waals surface area contributed by atoms with Crippen LogP contribution in [0.3, 0.4) is 0 Å². The van der Waals surface area contributed by atoms with E-state index in [2.05, 4.69) is 53.4 Å². The molecule has 0 saturated carbocycles. The van der Waals surface area contributed by atoms with Crippen LogP contribution in [0.1, 0.15) is 47.8 Å². The van der Waals surface area contributed by atoms with E-state index in [0.29, 0.717) is 6.61 Å². The van der Waals surface area contributed by atoms with Crippen LogP contribution in [0.4, 0.5) is 0 Å². The summed E-state index contributed by atoms with van der Waals surface area (Å²) in [5, 5.41) is 10.2. The Hall–Kier alpha value is -2.98. The quantitative estimate of drug-likeness (QED) is 0.557. The minimum absolute atomic E-state index is 0.107. The van der Waals surface area contributed by atoms with Gasteiger partial charge in [-0.3, -0.25) is 4.90 Å². The maximum Gasteiger partial charge on any atom is 0.123 e. The minimum atomic E-state index is 0.107. The Balaban J connectivity index is 1.36. The first-order valence-electron chi connectivity index (χ1n) is 11.7. The second kappa shape index (κ2) is 9.66. The van der Waals surface area contributed by atoms with E-state index in [1.54, 1.807) is 6.07 Å². The minimum Gasteiger partial charge on any atom is -0.508 e. The van der Waals surface area contributed by atoms with Gasteiger partial charge in [0.1, 0.15) is 23.9 Å². The van der Waals surface area contributed by atoms with E-state index in [-0.39, 0.29) is 17.6 Å². The van der Waals surface area contributed by atoms with Gasteiger partial charge in [0, 0.05) is 23.9 Å². The summed E-state index contributed by atoms with van der Waals surface area (Å²) in [5.74, 6) is 2.31. The number of hydrogen-bond donors (Lipinski definition) is 1. The number of ether oxygens (including phenoxy) is 2. The zero-order chi connectivity index (χ0) is 21.8. The highest BCUT2D eigenvalue weighted by Crippen LogP contribution is 2.47. The topological polar surface area (TPSA) is 41.9 Å². The molecule has 0 radical (unpaired) electrons. The SMILES string of the molecule is Oc1ccc2c(c1)C(c1ccc(OCCN3CCCCC3)cc1)C(c1ccccc1)CO2. The molecule has 4 nitrogen and oxygen atoms in total. The highest BCUT2D eigenvalue weighted by Gasteiger charge is 2.33. The van der Waals surface area contributed by atoms with Crippen molar-refractivity contribution in [2.45, 2.75) is 31.1 Å². The highest BCUT2D eigenvalue weighted by atomic mass is 16.5. The number of fused-ring (bicyclic) bond motifs is 1. The molecule has 32 heavy (non-hydrogen) atoms. The highest BCUT2D eigenvalue weighted by molar-refractivity contribution is 5.51. The fraction of sp³-hybridized carbons (Fsp3) is 0.357. The summed E-state index contributed by atoms with van der Waals surface area (Å²) in [6.45, 7) is 4.71. The Bertz CT molecular complexity index is 1010. The fourth-order valence-electron chi connectivity index (χ4n) is 5.05. The van der Waals surface area contributed by atoms with Crippen LogP contribution in [0.15, 0.2) is 72.8 Å². The lowest BCUT2D eigenvalue weighted by molar-refractivity contribution is 0.183. The van der Waals surface area contributed by atoms with Gasteiger partial charge in [0.05, 0.1) is 6.61 Å². The summed E-state index contributed by atoms with van der Waals surface area (Å²) in [5.41, 5.74) is 3.48. The lowest BCUT2D eigenvalue weighted by atomic mass is 9.76. The molecule has 5 rings (SSSR count). The van der Waals surface area contributed by atoms with Crippen LogP contribution in [0.5, 0.6) is 17.2 Å². The molecule has 166 valence electrons. The van der Waals surface area contributed by atoms with Gasteiger partial charge in [-0.25, -0.2) is 0 Å². The summed E-state index contributed by atoms with van der Waals surface area (Å²) in [6, 6.07) is 24.4. The van der Waals surface area contributed by atoms with Crippen molar-refractivity contribution in [3.63, 3.8) is 0 Å². The second-order valence-electron chi connectivity index (χ2n) is 8.85. The molecule has 2 unspecified atom stereocenters. The van der Waals surface area contributed by atoms with Crippen LogP contribution in [0.2, 0.25) is 0 Å². The molecule has 0 amide bonds. The van der Waals surface area contributed by atoms with Gasteiger partial charge in [-0.05, 0) is 67.4 Å². The predicted octanol–water partition coefficient (Wildman–Crippen LogP) is 5.57. The summed E-state index contributed by atoms with van der Waals surface area (Å²) in [6.07, 6.45) is 3.97. The van der Waals surface area contributed by atoms with Crippen molar-refractivity contribution < 1.29 is 14.6 Å². The molecule has 3 aromatic rings. The lowest BCUT2D eigenvalue weighted by Crippen LogP contribution is -2.33. The summed E-state index contributed by atoms with van der Waals surface area (Å²) >= 11 is 0. The van der Waals surface area contributed by atoms with Crippen LogP contribution < -0.4 is 9.47 Å². The molecule has 1 N–H and O–H groups in total. The molecule has 4 heteroatoms. The molecule has 2 aliphatic heterocycles. The van der Waals surface area contributed by atoms with Crippen molar-refractivity contribution in [3.8, 4) is 17.2 Å². The molecule has 2 heterocycles. The molecule has 2 aliphatic rings. The van der Waals surface area contributed by atoms with E-state index in [0.717, 1.165) is 30.2 Å². The summed E-state index contributed by atoms with van der Waals surface area (Å²) < 4.78 is 12.1. The number of phenolic OH excluding ortho intramolecular Hbond substituents is 1. The molecule has 1 saturated heterocycles. The number of piperidine rings is 1. The zero-order valence-electron chi connectivity index (χ0n) is 18.5. The van der Waals surface area contributed by atoms with E-state index >= 15 is 0 Å². The monoisotopic (exact) mass is 429 g/mol. The molecule has 1 fully saturated rings. The Morgan fingerprint density at radius 1 is 0.875 bits per heavy atom. The van der Waals surface area contributed by atoms with Crippen molar-refractivity contribution in [2.75, 3.05) is 32.8 Å². The summed E-state index contributed by atoms with van der Waals surface area (Å²) in [7, 11) is 0. The number of likely N-dealkylation sites (tertiary alicyclic amines) is 1. The third-order valence-corrected chi connectivity index (χ3v) is 6.74. The van der Waals surface area contributed by atoms with Crippen molar-refractivity contribution in [3.05, 3.63) is 89.5 Å². The number of hydrogen-bond acceptors (Lipinski definition) is 4. The Morgan fingerprint density at radius 2 is 1.66 bits per heavy atom. The van der Waals surface area contributed by atoms with E-state index in [9.17, 15) is 5.11 Å². The molecular formula is C28H31NO3. The number of aromatic hydroxyl groups is 1. The molecule has 0 spiro atoms. The maximum atomic E-state index is 10.2. The van der Waals surface area contributed by atoms with Gasteiger partial charge < -0.3 is 14.6 Å². The zero-order valence-corrected chi connectivity index (χ0v) is 18.5. The Kier molecular flexibility index (Phi) is 6.31. The first-order valence-corrected chi connectivity index (χ1v) is 11.7. The normalized spacial score (nSPS) is 20.9. The van der Waals surface area contributed by atoms with Crippen LogP contribution in [0.25, 0.3) is 0 Å². The van der Waals surface area contributed by atoms with E-state index in [1.165, 1.54) is 43.5 Å². The van der Waals surface area contributed by atoms with E-state index in [4.69, 9.17) is 9.47 Å². The Labute approximate surface area is 190 Å². The lowest BCUT2D eigenvalue weighted by Gasteiger charge is -2.34. The molecular weight excluding hydrogens is 398 g/mol. The smallest absolute Gasteiger partial charge is 0.123 e. The van der Waals surface area contributed by atoms with Crippen molar-refractivity contribution in [1.82, 2.24) is 4.90 Å². The predicted molar refractivity (Wildman–Crippen MR) is 127 cm³/mol. The molecule has 2 atom stereocenters. The molecule has 0 bridgehead atoms. The number of benzene rings is 3. The van der Waals surface area contributed by atoms with Crippen LogP contribution in [-0.4, -0.2) is 42.9 Å². The van der Waals surface area contributed by atoms with Gasteiger partial charge >= 0.3 is 0 Å². The van der Waals surface area contributed by atoms with Gasteiger partial charge in [-0.15, -0.1) is 0 Å². The first-order chi connectivity index (χ1) is 15.8. The molecule has 0 aliphatic carbocycles. The van der Waals surface area contributed by atoms with Gasteiger partial charge in [-0.1, -0.05) is 48.9 Å². The first kappa shape index (κ1) is 20.9. The van der Waals surface area contributed by atoms with Crippen molar-refractivity contribution in [1.29, 1.82) is 0 Å². The van der Waals surface area contributed by atoms with Crippen LogP contribution >= 0.6 is 0 Å². The number of nitrogens with zero attached hydrogens (tertiary/aromatic N) is 1. The Morgan fingerprint density at radius 3 is 2.44 bits per heavy atom.